The van der Waals surface area contributed by atoms with Crippen LogP contribution in [0.1, 0.15) is 18.1 Å². The number of ether oxygens (including phenoxy) is 1. The molecule has 0 spiro atoms. The number of carbonyl (C=O) groups excluding carboxylic acids is 1. The number of aromatic hydroxyl groups is 2. The van der Waals surface area contributed by atoms with Crippen LogP contribution in [0.3, 0.4) is 0 Å². The summed E-state index contributed by atoms with van der Waals surface area (Å²) in [5.74, 6) is -1.09. The van der Waals surface area contributed by atoms with E-state index in [0.717, 1.165) is 18.2 Å². The van der Waals surface area contributed by atoms with Crippen LogP contribution < -0.4 is 0 Å². The van der Waals surface area contributed by atoms with Crippen molar-refractivity contribution in [2.75, 3.05) is 13.2 Å². The third-order valence-corrected chi connectivity index (χ3v) is 5.11. The van der Waals surface area contributed by atoms with E-state index in [4.69, 9.17) is 27.9 Å². The van der Waals surface area contributed by atoms with Gasteiger partial charge in [-0.3, -0.25) is 0 Å². The number of carbonyl (C=O) groups is 1. The topological polar surface area (TPSA) is 70.0 Å². The highest BCUT2D eigenvalue weighted by molar-refractivity contribution is 6.36. The van der Waals surface area contributed by atoms with Crippen molar-refractivity contribution in [3.8, 4) is 11.5 Å². The predicted molar refractivity (Wildman–Crippen MR) is 103 cm³/mol. The van der Waals surface area contributed by atoms with Crippen molar-refractivity contribution < 1.29 is 32.9 Å². The highest BCUT2D eigenvalue weighted by atomic mass is 35.5. The summed E-state index contributed by atoms with van der Waals surface area (Å²) in [5.41, 5.74) is 0.237. The second-order valence-electron chi connectivity index (χ2n) is 6.24. The molecular weight excluding hydrogens is 434 g/mol. The number of halogens is 5. The molecule has 0 aliphatic carbocycles. The molecule has 1 aliphatic heterocycles. The van der Waals surface area contributed by atoms with E-state index in [0.29, 0.717) is 11.1 Å². The molecule has 1 aliphatic rings. The molecule has 10 heteroatoms. The van der Waals surface area contributed by atoms with E-state index in [1.54, 1.807) is 0 Å². The summed E-state index contributed by atoms with van der Waals surface area (Å²) in [6, 6.07) is 0. The molecule has 1 heterocycles. The quantitative estimate of drug-likeness (QED) is 0.466. The smallest absolute Gasteiger partial charge is 0.416 e. The van der Waals surface area contributed by atoms with Gasteiger partial charge in [0, 0.05) is 6.54 Å². The number of allylic oxidation sites excluding steroid dienone is 3. The van der Waals surface area contributed by atoms with E-state index in [9.17, 15) is 28.2 Å². The number of hydrogen-bond donors (Lipinski definition) is 2. The van der Waals surface area contributed by atoms with Gasteiger partial charge in [0.25, 0.3) is 0 Å². The first-order valence-corrected chi connectivity index (χ1v) is 9.14. The maximum Gasteiger partial charge on any atom is 0.416 e. The molecule has 29 heavy (non-hydrogen) atoms. The summed E-state index contributed by atoms with van der Waals surface area (Å²) in [6.07, 6.45) is -2.04. The van der Waals surface area contributed by atoms with Crippen molar-refractivity contribution >= 4 is 29.3 Å². The van der Waals surface area contributed by atoms with Gasteiger partial charge in [0.15, 0.2) is 11.5 Å². The minimum atomic E-state index is -4.48. The van der Waals surface area contributed by atoms with Crippen molar-refractivity contribution in [2.24, 2.45) is 0 Å². The van der Waals surface area contributed by atoms with Crippen molar-refractivity contribution in [1.82, 2.24) is 4.90 Å². The highest BCUT2D eigenvalue weighted by Gasteiger charge is 2.31. The molecule has 2 N–H and O–H groups in total. The lowest BCUT2D eigenvalue weighted by atomic mass is 9.98. The fourth-order valence-electron chi connectivity index (χ4n) is 2.71. The first-order valence-electron chi connectivity index (χ1n) is 8.39. The molecule has 0 atom stereocenters. The van der Waals surface area contributed by atoms with E-state index >= 15 is 0 Å². The van der Waals surface area contributed by atoms with Gasteiger partial charge in [0.05, 0.1) is 22.2 Å². The molecule has 5 nitrogen and oxygen atoms in total. The van der Waals surface area contributed by atoms with Crippen molar-refractivity contribution in [1.29, 1.82) is 0 Å². The third kappa shape index (κ3) is 5.19. The zero-order valence-electron chi connectivity index (χ0n) is 15.3. The number of benzene rings is 1. The second kappa shape index (κ2) is 9.00. The van der Waals surface area contributed by atoms with Gasteiger partial charge in [-0.1, -0.05) is 41.9 Å². The number of fused-ring (bicyclic) bond motifs is 1. The van der Waals surface area contributed by atoms with Gasteiger partial charge in [0.2, 0.25) is 0 Å². The van der Waals surface area contributed by atoms with Crippen LogP contribution in [0.5, 0.6) is 11.5 Å². The minimum absolute atomic E-state index is 0.0142. The summed E-state index contributed by atoms with van der Waals surface area (Å²) >= 11 is 12.1. The molecule has 0 saturated heterocycles. The molecule has 0 saturated carbocycles. The Morgan fingerprint density at radius 1 is 1.21 bits per heavy atom. The van der Waals surface area contributed by atoms with Gasteiger partial charge in [-0.2, -0.15) is 13.2 Å². The Morgan fingerprint density at radius 3 is 2.34 bits per heavy atom. The van der Waals surface area contributed by atoms with E-state index in [-0.39, 0.29) is 41.7 Å². The number of rotatable bonds is 4. The van der Waals surface area contributed by atoms with Crippen LogP contribution >= 0.6 is 23.2 Å². The molecular formula is C19H18Cl2F3NO4. The predicted octanol–water partition coefficient (Wildman–Crippen LogP) is 5.52. The van der Waals surface area contributed by atoms with E-state index in [2.05, 4.69) is 6.58 Å². The molecule has 1 amide bonds. The largest absolute Gasteiger partial charge is 0.503 e. The molecule has 2 rings (SSSR count). The lowest BCUT2D eigenvalue weighted by molar-refractivity contribution is -0.0883. The lowest BCUT2D eigenvalue weighted by Crippen LogP contribution is -2.36. The molecule has 0 fully saturated rings. The monoisotopic (exact) mass is 451 g/mol. The van der Waals surface area contributed by atoms with Gasteiger partial charge < -0.3 is 19.8 Å². The Labute approximate surface area is 175 Å². The van der Waals surface area contributed by atoms with Crippen LogP contribution in [0.4, 0.5) is 18.0 Å². The Balaban J connectivity index is 2.01. The summed E-state index contributed by atoms with van der Waals surface area (Å²) < 4.78 is 43.1. The first kappa shape index (κ1) is 23.0. The van der Waals surface area contributed by atoms with Crippen molar-refractivity contribution in [3.63, 3.8) is 0 Å². The normalized spacial score (nSPS) is 14.8. The molecule has 0 radical (unpaired) electrons. The fourth-order valence-corrected chi connectivity index (χ4v) is 3.27. The van der Waals surface area contributed by atoms with Crippen molar-refractivity contribution in [2.45, 2.75) is 26.1 Å². The van der Waals surface area contributed by atoms with E-state index in [1.807, 2.05) is 0 Å². The first-order chi connectivity index (χ1) is 13.5. The van der Waals surface area contributed by atoms with Gasteiger partial charge in [-0.05, 0) is 36.1 Å². The molecule has 0 aromatic heterocycles. The number of phenolic OH excluding ortho intramolecular Hbond substituents is 2. The van der Waals surface area contributed by atoms with Gasteiger partial charge >= 0.3 is 12.3 Å². The zero-order chi connectivity index (χ0) is 21.9. The molecule has 1 aromatic carbocycles. The maximum atomic E-state index is 12.7. The summed E-state index contributed by atoms with van der Waals surface area (Å²) in [7, 11) is 0. The number of nitrogens with zero attached hydrogens (tertiary/aromatic N) is 1. The molecule has 0 unspecified atom stereocenters. The number of hydrogen-bond acceptors (Lipinski definition) is 4. The van der Waals surface area contributed by atoms with Crippen LogP contribution in [0, 0.1) is 0 Å². The van der Waals surface area contributed by atoms with Crippen LogP contribution in [0.15, 0.2) is 36.0 Å². The Morgan fingerprint density at radius 2 is 1.79 bits per heavy atom. The van der Waals surface area contributed by atoms with Crippen LogP contribution in [-0.2, 0) is 17.7 Å². The number of amides is 1. The number of phenols is 2. The highest BCUT2D eigenvalue weighted by Crippen LogP contribution is 2.46. The minimum Gasteiger partial charge on any atom is -0.503 e. The average Bonchev–Trinajstić information content (AvgIpc) is 2.67. The second-order valence-corrected chi connectivity index (χ2v) is 7.00. The van der Waals surface area contributed by atoms with Gasteiger partial charge in [-0.15, -0.1) is 0 Å². The standard InChI is InChI=1S/C19H18Cl2F3NO4/c1-3-11(19(22,23)24)5-4-10(2)9-29-18(28)25-7-6-12-13(8-25)15(21)17(27)16(26)14(12)20/h3-5,26-27H,2,6-9H2,1H3/b5-4-,11-3+. The Bertz CT molecular complexity index is 895. The maximum absolute atomic E-state index is 12.7. The molecule has 158 valence electrons. The lowest BCUT2D eigenvalue weighted by Gasteiger charge is -2.30. The summed E-state index contributed by atoms with van der Waals surface area (Å²) in [4.78, 5) is 13.6. The summed E-state index contributed by atoms with van der Waals surface area (Å²) in [6.45, 7) is 4.73. The molecule has 0 bridgehead atoms. The third-order valence-electron chi connectivity index (χ3n) is 4.29. The van der Waals surface area contributed by atoms with Crippen LogP contribution in [0.2, 0.25) is 10.0 Å². The fraction of sp³-hybridized carbons (Fsp3) is 0.316. The average molecular weight is 452 g/mol. The number of alkyl halides is 3. The Kier molecular flexibility index (Phi) is 7.13. The van der Waals surface area contributed by atoms with E-state index < -0.39 is 29.3 Å². The van der Waals surface area contributed by atoms with Gasteiger partial charge in [0.1, 0.15) is 6.61 Å². The van der Waals surface area contributed by atoms with Crippen molar-refractivity contribution in [3.05, 3.63) is 57.1 Å². The zero-order valence-corrected chi connectivity index (χ0v) is 16.8. The summed E-state index contributed by atoms with van der Waals surface area (Å²) in [5, 5.41) is 19.4. The van der Waals surface area contributed by atoms with Crippen LogP contribution in [-0.4, -0.2) is 40.5 Å². The Hall–Kier alpha value is -2.32. The van der Waals surface area contributed by atoms with Crippen LogP contribution in [0.25, 0.3) is 0 Å². The van der Waals surface area contributed by atoms with E-state index in [1.165, 1.54) is 11.8 Å². The van der Waals surface area contributed by atoms with Gasteiger partial charge in [-0.25, -0.2) is 4.79 Å². The SMILES string of the molecule is C=C(/C=C\C(=C/C)C(F)(F)F)COC(=O)N1CCc2c(Cl)c(O)c(O)c(Cl)c2C1. The molecule has 1 aromatic rings.